The molecule has 2 fully saturated rings. The van der Waals surface area contributed by atoms with Gasteiger partial charge < -0.3 is 14.1 Å². The number of benzene rings is 1. The van der Waals surface area contributed by atoms with Gasteiger partial charge in [0, 0.05) is 43.4 Å². The Kier molecular flexibility index (Phi) is 5.24. The van der Waals surface area contributed by atoms with Crippen molar-refractivity contribution in [2.75, 3.05) is 32.8 Å². The van der Waals surface area contributed by atoms with E-state index in [4.69, 9.17) is 20.8 Å². The van der Waals surface area contributed by atoms with Crippen molar-refractivity contribution in [3.8, 4) is 11.3 Å². The monoisotopic (exact) mass is 375 g/mol. The molecule has 2 aliphatic heterocycles. The standard InChI is InChI=1S/C19H22ClN3O3/c20-15-5-3-14(4-6-15)17-12-21-18(26-17)13-22-7-9-23(10-8-22)19(24)16-2-1-11-25-16/h3-6,12,16H,1-2,7-11,13H2. The summed E-state index contributed by atoms with van der Waals surface area (Å²) in [6.45, 7) is 4.44. The highest BCUT2D eigenvalue weighted by Gasteiger charge is 2.30. The lowest BCUT2D eigenvalue weighted by Gasteiger charge is -2.35. The van der Waals surface area contributed by atoms with E-state index in [0.717, 1.165) is 50.3 Å². The first-order valence-corrected chi connectivity index (χ1v) is 9.40. The molecule has 0 spiro atoms. The van der Waals surface area contributed by atoms with E-state index in [1.54, 1.807) is 6.20 Å². The fraction of sp³-hybridized carbons (Fsp3) is 0.474. The van der Waals surface area contributed by atoms with Gasteiger partial charge in [0.15, 0.2) is 5.76 Å². The molecule has 0 N–H and O–H groups in total. The maximum absolute atomic E-state index is 12.4. The third-order valence-electron chi connectivity index (χ3n) is 4.93. The number of oxazole rings is 1. The topological polar surface area (TPSA) is 58.8 Å². The molecule has 26 heavy (non-hydrogen) atoms. The van der Waals surface area contributed by atoms with Crippen LogP contribution in [0.5, 0.6) is 0 Å². The van der Waals surface area contributed by atoms with E-state index in [1.807, 2.05) is 29.2 Å². The van der Waals surface area contributed by atoms with Gasteiger partial charge >= 0.3 is 0 Å². The molecular formula is C19H22ClN3O3. The maximum atomic E-state index is 12.4. The molecule has 0 bridgehead atoms. The molecule has 0 aliphatic carbocycles. The molecule has 2 saturated heterocycles. The Hall–Kier alpha value is -1.89. The highest BCUT2D eigenvalue weighted by molar-refractivity contribution is 6.30. The third kappa shape index (κ3) is 3.92. The zero-order chi connectivity index (χ0) is 17.9. The van der Waals surface area contributed by atoms with Crippen molar-refractivity contribution in [1.29, 1.82) is 0 Å². The van der Waals surface area contributed by atoms with Crippen LogP contribution >= 0.6 is 11.6 Å². The summed E-state index contributed by atoms with van der Waals surface area (Å²) >= 11 is 5.92. The lowest BCUT2D eigenvalue weighted by atomic mass is 10.2. The largest absolute Gasteiger partial charge is 0.439 e. The number of hydrogen-bond donors (Lipinski definition) is 0. The molecule has 2 aromatic rings. The van der Waals surface area contributed by atoms with Crippen molar-refractivity contribution >= 4 is 17.5 Å². The summed E-state index contributed by atoms with van der Waals surface area (Å²) < 4.78 is 11.4. The van der Waals surface area contributed by atoms with Crippen LogP contribution in [-0.4, -0.2) is 59.6 Å². The second-order valence-electron chi connectivity index (χ2n) is 6.73. The van der Waals surface area contributed by atoms with Crippen LogP contribution in [0.15, 0.2) is 34.9 Å². The summed E-state index contributed by atoms with van der Waals surface area (Å²) in [4.78, 5) is 21.0. The number of piperazine rings is 1. The minimum Gasteiger partial charge on any atom is -0.439 e. The number of aromatic nitrogens is 1. The van der Waals surface area contributed by atoms with E-state index in [2.05, 4.69) is 9.88 Å². The number of ether oxygens (including phenoxy) is 1. The van der Waals surface area contributed by atoms with Crippen LogP contribution in [-0.2, 0) is 16.1 Å². The molecule has 6 nitrogen and oxygen atoms in total. The van der Waals surface area contributed by atoms with Gasteiger partial charge in [0.05, 0.1) is 12.7 Å². The highest BCUT2D eigenvalue weighted by atomic mass is 35.5. The predicted octanol–water partition coefficient (Wildman–Crippen LogP) is 2.82. The second kappa shape index (κ2) is 7.78. The van der Waals surface area contributed by atoms with Crippen LogP contribution in [0.25, 0.3) is 11.3 Å². The Labute approximate surface area is 157 Å². The van der Waals surface area contributed by atoms with E-state index in [9.17, 15) is 4.79 Å². The molecule has 0 saturated carbocycles. The van der Waals surface area contributed by atoms with Crippen LogP contribution in [0.4, 0.5) is 0 Å². The van der Waals surface area contributed by atoms with Crippen molar-refractivity contribution in [1.82, 2.24) is 14.8 Å². The van der Waals surface area contributed by atoms with E-state index in [-0.39, 0.29) is 12.0 Å². The third-order valence-corrected chi connectivity index (χ3v) is 5.18. The molecule has 7 heteroatoms. The number of carbonyl (C=O) groups is 1. The molecule has 2 aliphatic rings. The minimum atomic E-state index is -0.227. The van der Waals surface area contributed by atoms with Crippen molar-refractivity contribution in [3.05, 3.63) is 41.4 Å². The van der Waals surface area contributed by atoms with Crippen LogP contribution < -0.4 is 0 Å². The van der Waals surface area contributed by atoms with Gasteiger partial charge in [0.2, 0.25) is 5.89 Å². The van der Waals surface area contributed by atoms with Gasteiger partial charge in [-0.15, -0.1) is 0 Å². The number of amides is 1. The Balaban J connectivity index is 1.30. The normalized spacial score (nSPS) is 21.3. The molecular weight excluding hydrogens is 354 g/mol. The van der Waals surface area contributed by atoms with E-state index >= 15 is 0 Å². The Morgan fingerprint density at radius 3 is 2.65 bits per heavy atom. The first-order chi connectivity index (χ1) is 12.7. The average molecular weight is 376 g/mol. The molecule has 1 unspecified atom stereocenters. The number of carbonyl (C=O) groups excluding carboxylic acids is 1. The quantitative estimate of drug-likeness (QED) is 0.822. The zero-order valence-corrected chi connectivity index (χ0v) is 15.3. The van der Waals surface area contributed by atoms with Crippen LogP contribution in [0.2, 0.25) is 5.02 Å². The molecule has 1 amide bonds. The molecule has 1 aromatic heterocycles. The van der Waals surface area contributed by atoms with Crippen molar-refractivity contribution in [2.45, 2.75) is 25.5 Å². The van der Waals surface area contributed by atoms with Gasteiger partial charge in [-0.1, -0.05) is 11.6 Å². The zero-order valence-electron chi connectivity index (χ0n) is 14.6. The fourth-order valence-corrected chi connectivity index (χ4v) is 3.55. The summed E-state index contributed by atoms with van der Waals surface area (Å²) in [7, 11) is 0. The molecule has 138 valence electrons. The van der Waals surface area contributed by atoms with Gasteiger partial charge in [-0.2, -0.15) is 0 Å². The lowest BCUT2D eigenvalue weighted by molar-refractivity contribution is -0.142. The summed E-state index contributed by atoms with van der Waals surface area (Å²) in [5.74, 6) is 1.57. The first-order valence-electron chi connectivity index (χ1n) is 9.02. The van der Waals surface area contributed by atoms with Crippen molar-refractivity contribution < 1.29 is 13.9 Å². The Morgan fingerprint density at radius 2 is 1.96 bits per heavy atom. The molecule has 1 atom stereocenters. The molecule has 0 radical (unpaired) electrons. The molecule has 1 aromatic carbocycles. The molecule has 3 heterocycles. The lowest BCUT2D eigenvalue weighted by Crippen LogP contribution is -2.51. The van der Waals surface area contributed by atoms with E-state index in [0.29, 0.717) is 24.1 Å². The van der Waals surface area contributed by atoms with E-state index in [1.165, 1.54) is 0 Å². The van der Waals surface area contributed by atoms with Crippen LogP contribution in [0.3, 0.4) is 0 Å². The number of rotatable bonds is 4. The van der Waals surface area contributed by atoms with E-state index < -0.39 is 0 Å². The Morgan fingerprint density at radius 1 is 1.19 bits per heavy atom. The van der Waals surface area contributed by atoms with Gasteiger partial charge in [-0.3, -0.25) is 9.69 Å². The minimum absolute atomic E-state index is 0.142. The van der Waals surface area contributed by atoms with Gasteiger partial charge in [0.25, 0.3) is 5.91 Å². The summed E-state index contributed by atoms with van der Waals surface area (Å²) in [6.07, 6.45) is 3.35. The SMILES string of the molecule is O=C(C1CCCO1)N1CCN(Cc2ncc(-c3ccc(Cl)cc3)o2)CC1. The number of halogens is 1. The predicted molar refractivity (Wildman–Crippen MR) is 97.8 cm³/mol. The first kappa shape index (κ1) is 17.5. The summed E-state index contributed by atoms with van der Waals surface area (Å²) in [6, 6.07) is 7.51. The average Bonchev–Trinajstić information content (AvgIpc) is 3.35. The maximum Gasteiger partial charge on any atom is 0.251 e. The fourth-order valence-electron chi connectivity index (χ4n) is 3.42. The van der Waals surface area contributed by atoms with Gasteiger partial charge in [-0.05, 0) is 37.1 Å². The Bertz CT molecular complexity index is 748. The van der Waals surface area contributed by atoms with Crippen molar-refractivity contribution in [2.24, 2.45) is 0 Å². The van der Waals surface area contributed by atoms with Gasteiger partial charge in [0.1, 0.15) is 6.10 Å². The van der Waals surface area contributed by atoms with Crippen LogP contribution in [0, 0.1) is 0 Å². The number of hydrogen-bond acceptors (Lipinski definition) is 5. The number of nitrogens with zero attached hydrogens (tertiary/aromatic N) is 3. The summed E-state index contributed by atoms with van der Waals surface area (Å²) in [5.41, 5.74) is 0.958. The second-order valence-corrected chi connectivity index (χ2v) is 7.16. The van der Waals surface area contributed by atoms with Crippen LogP contribution in [0.1, 0.15) is 18.7 Å². The smallest absolute Gasteiger partial charge is 0.251 e. The van der Waals surface area contributed by atoms with Crippen molar-refractivity contribution in [3.63, 3.8) is 0 Å². The summed E-state index contributed by atoms with van der Waals surface area (Å²) in [5, 5.41) is 0.698. The highest BCUT2D eigenvalue weighted by Crippen LogP contribution is 2.23. The van der Waals surface area contributed by atoms with Gasteiger partial charge in [-0.25, -0.2) is 4.98 Å². The molecule has 4 rings (SSSR count).